The zero-order valence-electron chi connectivity index (χ0n) is 13.6. The van der Waals surface area contributed by atoms with E-state index in [9.17, 15) is 0 Å². The average molecular weight is 316 g/mol. The standard InChI is InChI=1S/C20H20N4/c1-2-15(5-4-14-10-21-13-22-11-14)19-17(3-1)18-12-24-8-6-16(7-9-24)20(18)23-19/h1-5,10-11,13,16,23H,6-9,12H2/b5-4+. The second kappa shape index (κ2) is 5.56. The largest absolute Gasteiger partial charge is 0.357 e. The van der Waals surface area contributed by atoms with E-state index >= 15 is 0 Å². The molecule has 1 fully saturated rings. The number of hydrogen-bond donors (Lipinski definition) is 1. The van der Waals surface area contributed by atoms with Crippen molar-refractivity contribution in [3.8, 4) is 0 Å². The number of aromatic nitrogens is 3. The summed E-state index contributed by atoms with van der Waals surface area (Å²) in [7, 11) is 0. The van der Waals surface area contributed by atoms with Crippen LogP contribution in [0.15, 0.2) is 36.9 Å². The minimum atomic E-state index is 0.700. The number of para-hydroxylation sites is 1. The number of hydrogen-bond acceptors (Lipinski definition) is 3. The van der Waals surface area contributed by atoms with Crippen molar-refractivity contribution in [2.45, 2.75) is 25.3 Å². The quantitative estimate of drug-likeness (QED) is 0.781. The lowest BCUT2D eigenvalue weighted by Crippen LogP contribution is -2.29. The summed E-state index contributed by atoms with van der Waals surface area (Å²) in [5, 5.41) is 1.38. The van der Waals surface area contributed by atoms with Crippen LogP contribution in [0.1, 0.15) is 41.1 Å². The second-order valence-corrected chi connectivity index (χ2v) is 6.84. The van der Waals surface area contributed by atoms with Gasteiger partial charge in [0.2, 0.25) is 0 Å². The van der Waals surface area contributed by atoms with Gasteiger partial charge in [0.1, 0.15) is 6.33 Å². The molecule has 3 aliphatic rings. The molecule has 0 unspecified atom stereocenters. The Morgan fingerprint density at radius 1 is 1.08 bits per heavy atom. The Bertz CT molecular complexity index is 902. The van der Waals surface area contributed by atoms with Gasteiger partial charge < -0.3 is 4.98 Å². The Morgan fingerprint density at radius 2 is 1.92 bits per heavy atom. The van der Waals surface area contributed by atoms with E-state index in [2.05, 4.69) is 50.2 Å². The number of nitrogens with zero attached hydrogens (tertiary/aromatic N) is 3. The first kappa shape index (κ1) is 13.9. The molecule has 0 amide bonds. The molecule has 0 atom stereocenters. The lowest BCUT2D eigenvalue weighted by atomic mass is 9.94. The smallest absolute Gasteiger partial charge is 0.115 e. The minimum Gasteiger partial charge on any atom is -0.357 e. The van der Waals surface area contributed by atoms with Crippen molar-refractivity contribution in [3.63, 3.8) is 0 Å². The van der Waals surface area contributed by atoms with Gasteiger partial charge in [-0.2, -0.15) is 0 Å². The van der Waals surface area contributed by atoms with Crippen LogP contribution in [-0.4, -0.2) is 32.9 Å². The highest BCUT2D eigenvalue weighted by Crippen LogP contribution is 2.39. The molecule has 0 radical (unpaired) electrons. The zero-order valence-corrected chi connectivity index (χ0v) is 13.6. The highest BCUT2D eigenvalue weighted by atomic mass is 15.1. The molecule has 3 aromatic rings. The van der Waals surface area contributed by atoms with E-state index in [1.807, 2.05) is 12.4 Å². The predicted molar refractivity (Wildman–Crippen MR) is 96.5 cm³/mol. The van der Waals surface area contributed by atoms with Gasteiger partial charge >= 0.3 is 0 Å². The normalized spacial score (nSPS) is 22.8. The predicted octanol–water partition coefficient (Wildman–Crippen LogP) is 3.82. The summed E-state index contributed by atoms with van der Waals surface area (Å²) < 4.78 is 0. The van der Waals surface area contributed by atoms with Gasteiger partial charge in [-0.05, 0) is 37.1 Å². The van der Waals surface area contributed by atoms with E-state index < -0.39 is 0 Å². The van der Waals surface area contributed by atoms with Crippen LogP contribution < -0.4 is 0 Å². The molecule has 5 heterocycles. The summed E-state index contributed by atoms with van der Waals surface area (Å²) in [6, 6.07) is 6.61. The lowest BCUT2D eigenvalue weighted by Gasteiger charge is -2.26. The van der Waals surface area contributed by atoms with Gasteiger partial charge in [-0.1, -0.05) is 30.4 Å². The lowest BCUT2D eigenvalue weighted by molar-refractivity contribution is 0.220. The van der Waals surface area contributed by atoms with Gasteiger partial charge in [-0.25, -0.2) is 9.97 Å². The second-order valence-electron chi connectivity index (χ2n) is 6.84. The molecule has 1 aromatic carbocycles. The molecule has 4 nitrogen and oxygen atoms in total. The van der Waals surface area contributed by atoms with Gasteiger partial charge in [0.25, 0.3) is 0 Å². The molecule has 0 aliphatic carbocycles. The molecule has 1 saturated heterocycles. The van der Waals surface area contributed by atoms with E-state index in [-0.39, 0.29) is 0 Å². The summed E-state index contributed by atoms with van der Waals surface area (Å²) >= 11 is 0. The van der Waals surface area contributed by atoms with Crippen molar-refractivity contribution < 1.29 is 0 Å². The average Bonchev–Trinajstić information content (AvgIpc) is 2.81. The fourth-order valence-electron chi connectivity index (χ4n) is 4.16. The topological polar surface area (TPSA) is 44.8 Å². The molecule has 0 saturated carbocycles. The summed E-state index contributed by atoms with van der Waals surface area (Å²) in [6.45, 7) is 3.57. The third-order valence-corrected chi connectivity index (χ3v) is 5.42. The van der Waals surface area contributed by atoms with Gasteiger partial charge in [-0.3, -0.25) is 4.90 Å². The molecule has 120 valence electrons. The van der Waals surface area contributed by atoms with Crippen molar-refractivity contribution in [2.24, 2.45) is 0 Å². The monoisotopic (exact) mass is 316 g/mol. The van der Waals surface area contributed by atoms with Crippen LogP contribution in [0, 0.1) is 0 Å². The maximum Gasteiger partial charge on any atom is 0.115 e. The highest BCUT2D eigenvalue weighted by Gasteiger charge is 2.30. The van der Waals surface area contributed by atoms with Crippen LogP contribution in [0.4, 0.5) is 0 Å². The number of nitrogens with one attached hydrogen (secondary N) is 1. The van der Waals surface area contributed by atoms with Crippen LogP contribution in [-0.2, 0) is 6.54 Å². The summed E-state index contributed by atoms with van der Waals surface area (Å²) in [5.74, 6) is 0.700. The third-order valence-electron chi connectivity index (χ3n) is 5.42. The maximum atomic E-state index is 4.07. The zero-order chi connectivity index (χ0) is 15.9. The van der Waals surface area contributed by atoms with Crippen molar-refractivity contribution in [3.05, 3.63) is 59.3 Å². The van der Waals surface area contributed by atoms with Gasteiger partial charge in [0, 0.05) is 41.5 Å². The Morgan fingerprint density at radius 3 is 2.75 bits per heavy atom. The van der Waals surface area contributed by atoms with Gasteiger partial charge in [0.05, 0.1) is 5.52 Å². The molecule has 2 bridgehead atoms. The summed E-state index contributed by atoms with van der Waals surface area (Å²) in [5.41, 5.74) is 6.52. The van der Waals surface area contributed by atoms with Crippen molar-refractivity contribution in [1.82, 2.24) is 19.9 Å². The molecule has 2 aromatic heterocycles. The number of H-pyrrole nitrogens is 1. The van der Waals surface area contributed by atoms with Gasteiger partial charge in [0.15, 0.2) is 0 Å². The number of fused-ring (bicyclic) bond motifs is 3. The first-order valence-electron chi connectivity index (χ1n) is 8.67. The van der Waals surface area contributed by atoms with Crippen LogP contribution in [0.3, 0.4) is 0 Å². The van der Waals surface area contributed by atoms with Crippen LogP contribution in [0.25, 0.3) is 23.1 Å². The van der Waals surface area contributed by atoms with Crippen molar-refractivity contribution in [2.75, 3.05) is 13.1 Å². The highest BCUT2D eigenvalue weighted by molar-refractivity contribution is 5.93. The molecule has 6 rings (SSSR count). The first-order chi connectivity index (χ1) is 11.9. The van der Waals surface area contributed by atoms with E-state index in [0.29, 0.717) is 5.92 Å². The number of aromatic amines is 1. The Hall–Kier alpha value is -2.46. The Labute approximate surface area is 141 Å². The summed E-state index contributed by atoms with van der Waals surface area (Å²) in [6.07, 6.45) is 12.0. The molecular formula is C20H20N4. The minimum absolute atomic E-state index is 0.700. The molecule has 3 aliphatic heterocycles. The fraction of sp³-hybridized carbons (Fsp3) is 0.300. The third kappa shape index (κ3) is 2.26. The molecular weight excluding hydrogens is 296 g/mol. The van der Waals surface area contributed by atoms with E-state index in [1.54, 1.807) is 6.33 Å². The molecule has 1 N–H and O–H groups in total. The van der Waals surface area contributed by atoms with E-state index in [1.165, 1.54) is 53.7 Å². The Kier molecular flexibility index (Phi) is 3.23. The molecule has 24 heavy (non-hydrogen) atoms. The van der Waals surface area contributed by atoms with E-state index in [4.69, 9.17) is 0 Å². The number of piperidine rings is 1. The SMILES string of the molecule is C(=C\c1cccc2c3c([nH]c12)C1CCN(CC1)C3)/c1cncnc1. The Balaban J connectivity index is 1.61. The van der Waals surface area contributed by atoms with Crippen molar-refractivity contribution >= 4 is 23.1 Å². The van der Waals surface area contributed by atoms with Gasteiger partial charge in [-0.15, -0.1) is 0 Å². The number of rotatable bonds is 2. The van der Waals surface area contributed by atoms with Crippen LogP contribution in [0.5, 0.6) is 0 Å². The van der Waals surface area contributed by atoms with Crippen LogP contribution in [0.2, 0.25) is 0 Å². The molecule has 4 heteroatoms. The first-order valence-corrected chi connectivity index (χ1v) is 8.67. The maximum absolute atomic E-state index is 4.07. The van der Waals surface area contributed by atoms with E-state index in [0.717, 1.165) is 12.1 Å². The van der Waals surface area contributed by atoms with Crippen molar-refractivity contribution in [1.29, 1.82) is 0 Å². The van der Waals surface area contributed by atoms with Crippen LogP contribution >= 0.6 is 0 Å². The number of benzene rings is 1. The fourth-order valence-corrected chi connectivity index (χ4v) is 4.16. The molecule has 0 spiro atoms. The summed E-state index contributed by atoms with van der Waals surface area (Å²) in [4.78, 5) is 14.5.